The number of nitrogens with zero attached hydrogens (tertiary/aromatic N) is 4. The molecule has 2 amide bonds. The second-order valence-electron chi connectivity index (χ2n) is 11.4. The Hall–Kier alpha value is -4.57. The third-order valence-electron chi connectivity index (χ3n) is 8.10. The number of rotatable bonds is 10. The number of aromatic nitrogens is 2. The second-order valence-corrected chi connectivity index (χ2v) is 12.3. The maximum absolute atomic E-state index is 13.6. The van der Waals surface area contributed by atoms with Crippen LogP contribution < -0.4 is 14.8 Å². The first-order chi connectivity index (χ1) is 22.8. The molecule has 3 heterocycles. The fourth-order valence-corrected chi connectivity index (χ4v) is 5.79. The third kappa shape index (κ3) is 7.71. The first kappa shape index (κ1) is 32.4. The van der Waals surface area contributed by atoms with E-state index in [4.69, 9.17) is 32.7 Å². The van der Waals surface area contributed by atoms with Crippen LogP contribution in [-0.4, -0.2) is 64.0 Å². The van der Waals surface area contributed by atoms with Crippen molar-refractivity contribution in [2.45, 2.75) is 19.9 Å². The SMILES string of the molecule is CCCOc1ccc(CN2CCN(C(=O)c3cc4ccc(Oc5ccc(NC(=O)c6ccc(Cl)c(Cl)c6)cn5)cc4n3C)CC2)cc1. The molecule has 1 N–H and O–H groups in total. The molecule has 0 atom stereocenters. The quantitative estimate of drug-likeness (QED) is 0.164. The van der Waals surface area contributed by atoms with Gasteiger partial charge in [0.2, 0.25) is 5.88 Å². The summed E-state index contributed by atoms with van der Waals surface area (Å²) in [7, 11) is 1.90. The number of benzene rings is 3. The van der Waals surface area contributed by atoms with Crippen molar-refractivity contribution in [2.24, 2.45) is 7.05 Å². The van der Waals surface area contributed by atoms with Gasteiger partial charge >= 0.3 is 0 Å². The molecule has 1 fully saturated rings. The van der Waals surface area contributed by atoms with Crippen LogP contribution in [0.25, 0.3) is 10.9 Å². The van der Waals surface area contributed by atoms with Gasteiger partial charge in [-0.3, -0.25) is 14.5 Å². The molecule has 3 aromatic carbocycles. The molecule has 0 saturated carbocycles. The summed E-state index contributed by atoms with van der Waals surface area (Å²) >= 11 is 12.0. The molecule has 47 heavy (non-hydrogen) atoms. The molecule has 242 valence electrons. The number of nitrogens with one attached hydrogen (secondary N) is 1. The van der Waals surface area contributed by atoms with E-state index in [1.54, 1.807) is 24.3 Å². The van der Waals surface area contributed by atoms with E-state index in [2.05, 4.69) is 34.3 Å². The molecule has 6 rings (SSSR count). The number of halogens is 2. The standard InChI is InChI=1S/C36H35Cl2N5O4/c1-3-18-46-28-9-4-24(5-10-28)23-42-14-16-43(17-15-42)36(45)33-20-25-6-11-29(21-32(25)41(33)2)47-34-13-8-27(22-39-34)40-35(44)26-7-12-30(37)31(38)19-26/h4-13,19-22H,3,14-18,23H2,1-2H3,(H,40,44). The number of piperazine rings is 1. The van der Waals surface area contributed by atoms with Gasteiger partial charge in [-0.2, -0.15) is 0 Å². The zero-order chi connectivity index (χ0) is 32.9. The largest absolute Gasteiger partial charge is 0.494 e. The number of hydrogen-bond acceptors (Lipinski definition) is 6. The predicted molar refractivity (Wildman–Crippen MR) is 185 cm³/mol. The molecule has 11 heteroatoms. The lowest BCUT2D eigenvalue weighted by Gasteiger charge is -2.34. The summed E-state index contributed by atoms with van der Waals surface area (Å²) in [6, 6.07) is 23.9. The summed E-state index contributed by atoms with van der Waals surface area (Å²) in [5.74, 6) is 1.52. The van der Waals surface area contributed by atoms with Gasteiger partial charge < -0.3 is 24.3 Å². The van der Waals surface area contributed by atoms with Crippen molar-refractivity contribution < 1.29 is 19.1 Å². The van der Waals surface area contributed by atoms with E-state index in [1.165, 1.54) is 17.8 Å². The minimum absolute atomic E-state index is 0.0171. The van der Waals surface area contributed by atoms with Gasteiger partial charge in [-0.05, 0) is 66.6 Å². The number of amides is 2. The Kier molecular flexibility index (Phi) is 9.96. The van der Waals surface area contributed by atoms with Crippen LogP contribution in [0.4, 0.5) is 5.69 Å². The molecule has 0 radical (unpaired) electrons. The van der Waals surface area contributed by atoms with E-state index < -0.39 is 0 Å². The highest BCUT2D eigenvalue weighted by Gasteiger charge is 2.25. The van der Waals surface area contributed by atoms with Crippen molar-refractivity contribution in [2.75, 3.05) is 38.1 Å². The molecular formula is C36H35Cl2N5O4. The molecule has 0 bridgehead atoms. The number of pyridine rings is 1. The van der Waals surface area contributed by atoms with E-state index in [9.17, 15) is 9.59 Å². The summed E-state index contributed by atoms with van der Waals surface area (Å²) in [6.07, 6.45) is 2.50. The molecule has 1 aliphatic heterocycles. The summed E-state index contributed by atoms with van der Waals surface area (Å²) in [5.41, 5.74) is 3.63. The molecule has 1 aliphatic rings. The third-order valence-corrected chi connectivity index (χ3v) is 8.84. The fourth-order valence-electron chi connectivity index (χ4n) is 5.49. The smallest absolute Gasteiger partial charge is 0.270 e. The Morgan fingerprint density at radius 2 is 1.64 bits per heavy atom. The maximum Gasteiger partial charge on any atom is 0.270 e. The number of carbonyl (C=O) groups is 2. The van der Waals surface area contributed by atoms with E-state index in [0.29, 0.717) is 51.7 Å². The van der Waals surface area contributed by atoms with E-state index in [1.807, 2.05) is 52.9 Å². The van der Waals surface area contributed by atoms with Gasteiger partial charge in [0.25, 0.3) is 11.8 Å². The molecule has 0 aliphatic carbocycles. The van der Waals surface area contributed by atoms with Crippen LogP contribution in [0, 0.1) is 0 Å². The summed E-state index contributed by atoms with van der Waals surface area (Å²) in [4.78, 5) is 34.8. The van der Waals surface area contributed by atoms with Crippen molar-refractivity contribution in [1.82, 2.24) is 19.4 Å². The molecule has 9 nitrogen and oxygen atoms in total. The van der Waals surface area contributed by atoms with Crippen LogP contribution >= 0.6 is 23.2 Å². The number of fused-ring (bicyclic) bond motifs is 1. The number of carbonyl (C=O) groups excluding carboxylic acids is 2. The van der Waals surface area contributed by atoms with Gasteiger partial charge in [-0.25, -0.2) is 4.98 Å². The normalized spacial score (nSPS) is 13.5. The minimum Gasteiger partial charge on any atom is -0.494 e. The monoisotopic (exact) mass is 671 g/mol. The van der Waals surface area contributed by atoms with Crippen molar-refractivity contribution >= 4 is 51.6 Å². The average Bonchev–Trinajstić information content (AvgIpc) is 3.41. The van der Waals surface area contributed by atoms with Crippen LogP contribution in [0.3, 0.4) is 0 Å². The highest BCUT2D eigenvalue weighted by molar-refractivity contribution is 6.42. The predicted octanol–water partition coefficient (Wildman–Crippen LogP) is 7.67. The Labute approximate surface area is 283 Å². The Bertz CT molecular complexity index is 1880. The van der Waals surface area contributed by atoms with Crippen LogP contribution in [0.5, 0.6) is 17.4 Å². The lowest BCUT2D eigenvalue weighted by atomic mass is 10.2. The zero-order valence-electron chi connectivity index (χ0n) is 26.2. The van der Waals surface area contributed by atoms with Crippen LogP contribution in [0.2, 0.25) is 10.0 Å². The number of ether oxygens (including phenoxy) is 2. The highest BCUT2D eigenvalue weighted by Crippen LogP contribution is 2.28. The van der Waals surface area contributed by atoms with Crippen LogP contribution in [0.1, 0.15) is 39.8 Å². The first-order valence-corrected chi connectivity index (χ1v) is 16.3. The van der Waals surface area contributed by atoms with Crippen LogP contribution in [-0.2, 0) is 13.6 Å². The Morgan fingerprint density at radius 3 is 2.34 bits per heavy atom. The lowest BCUT2D eigenvalue weighted by molar-refractivity contribution is 0.0619. The van der Waals surface area contributed by atoms with E-state index in [0.717, 1.165) is 49.3 Å². The Balaban J connectivity index is 1.05. The Morgan fingerprint density at radius 1 is 0.872 bits per heavy atom. The second kappa shape index (κ2) is 14.5. The van der Waals surface area contributed by atoms with Gasteiger partial charge in [0.1, 0.15) is 17.2 Å². The molecule has 0 unspecified atom stereocenters. The number of hydrogen-bond donors (Lipinski definition) is 1. The lowest BCUT2D eigenvalue weighted by Crippen LogP contribution is -2.48. The van der Waals surface area contributed by atoms with Gasteiger partial charge in [0, 0.05) is 62.9 Å². The van der Waals surface area contributed by atoms with Crippen LogP contribution in [0.15, 0.2) is 85.1 Å². The van der Waals surface area contributed by atoms with Gasteiger partial charge in [-0.1, -0.05) is 42.3 Å². The minimum atomic E-state index is -0.334. The van der Waals surface area contributed by atoms with Gasteiger partial charge in [-0.15, -0.1) is 0 Å². The number of anilines is 1. The maximum atomic E-state index is 13.6. The van der Waals surface area contributed by atoms with Crippen molar-refractivity contribution in [1.29, 1.82) is 0 Å². The topological polar surface area (TPSA) is 88.9 Å². The van der Waals surface area contributed by atoms with E-state index >= 15 is 0 Å². The van der Waals surface area contributed by atoms with Gasteiger partial charge in [0.15, 0.2) is 0 Å². The molecular weight excluding hydrogens is 637 g/mol. The van der Waals surface area contributed by atoms with E-state index in [-0.39, 0.29) is 11.8 Å². The van der Waals surface area contributed by atoms with Crippen molar-refractivity contribution in [3.63, 3.8) is 0 Å². The molecule has 1 saturated heterocycles. The fraction of sp³-hybridized carbons (Fsp3) is 0.250. The zero-order valence-corrected chi connectivity index (χ0v) is 27.7. The van der Waals surface area contributed by atoms with Gasteiger partial charge in [0.05, 0.1) is 34.1 Å². The summed E-state index contributed by atoms with van der Waals surface area (Å²) in [6.45, 7) is 6.63. The molecule has 2 aromatic heterocycles. The summed E-state index contributed by atoms with van der Waals surface area (Å²) < 4.78 is 13.6. The highest BCUT2D eigenvalue weighted by atomic mass is 35.5. The molecule has 0 spiro atoms. The van der Waals surface area contributed by atoms with Crippen molar-refractivity contribution in [3.8, 4) is 17.4 Å². The first-order valence-electron chi connectivity index (χ1n) is 15.5. The average molecular weight is 673 g/mol. The van der Waals surface area contributed by atoms with Crippen molar-refractivity contribution in [3.05, 3.63) is 112 Å². The molecule has 5 aromatic rings. The summed E-state index contributed by atoms with van der Waals surface area (Å²) in [5, 5.41) is 4.41. The number of aryl methyl sites for hydroxylation is 1.